The first-order valence-electron chi connectivity index (χ1n) is 5.51. The molecule has 0 aliphatic carbocycles. The van der Waals surface area contributed by atoms with Gasteiger partial charge in [0.1, 0.15) is 5.82 Å². The molecule has 2 aromatic rings. The molecule has 0 amide bonds. The molecule has 0 aliphatic rings. The SMILES string of the molecule is CN(Cc1cc(Br)cs1)Cc1cccnc1NN. The number of thiophene rings is 1. The van der Waals surface area contributed by atoms with E-state index in [0.29, 0.717) is 0 Å². The summed E-state index contributed by atoms with van der Waals surface area (Å²) in [5.41, 5.74) is 3.72. The van der Waals surface area contributed by atoms with E-state index in [2.05, 4.69) is 49.7 Å². The van der Waals surface area contributed by atoms with Gasteiger partial charge in [-0.25, -0.2) is 10.8 Å². The third-order valence-corrected chi connectivity index (χ3v) is 4.20. The van der Waals surface area contributed by atoms with Gasteiger partial charge in [-0.15, -0.1) is 11.3 Å². The number of nitrogen functional groups attached to an aromatic ring is 1. The molecule has 3 N–H and O–H groups in total. The highest BCUT2D eigenvalue weighted by atomic mass is 79.9. The number of halogens is 1. The molecule has 0 fully saturated rings. The average molecular weight is 327 g/mol. The number of nitrogens with zero attached hydrogens (tertiary/aromatic N) is 2. The summed E-state index contributed by atoms with van der Waals surface area (Å²) in [5.74, 6) is 6.18. The van der Waals surface area contributed by atoms with Crippen molar-refractivity contribution in [2.45, 2.75) is 13.1 Å². The quantitative estimate of drug-likeness (QED) is 0.655. The van der Waals surface area contributed by atoms with Gasteiger partial charge in [0.25, 0.3) is 0 Å². The van der Waals surface area contributed by atoms with Crippen molar-refractivity contribution in [3.05, 3.63) is 44.7 Å². The van der Waals surface area contributed by atoms with E-state index in [1.807, 2.05) is 12.1 Å². The van der Waals surface area contributed by atoms with Crippen LogP contribution in [0.2, 0.25) is 0 Å². The lowest BCUT2D eigenvalue weighted by molar-refractivity contribution is 0.322. The van der Waals surface area contributed by atoms with Crippen molar-refractivity contribution >= 4 is 33.1 Å². The molecule has 0 saturated carbocycles. The monoisotopic (exact) mass is 326 g/mol. The minimum absolute atomic E-state index is 0.733. The third-order valence-electron chi connectivity index (χ3n) is 2.52. The molecule has 0 unspecified atom stereocenters. The highest BCUT2D eigenvalue weighted by molar-refractivity contribution is 9.10. The maximum atomic E-state index is 5.45. The standard InChI is InChI=1S/C12H15BrN4S/c1-17(7-11-5-10(13)8-18-11)6-9-3-2-4-15-12(9)16-14/h2-5,8H,6-7,14H2,1H3,(H,15,16). The van der Waals surface area contributed by atoms with Crippen LogP contribution in [0.25, 0.3) is 0 Å². The topological polar surface area (TPSA) is 54.2 Å². The van der Waals surface area contributed by atoms with E-state index < -0.39 is 0 Å². The number of nitrogens with two attached hydrogens (primary N) is 1. The molecule has 2 rings (SSSR count). The second-order valence-electron chi connectivity index (χ2n) is 4.06. The summed E-state index contributed by atoms with van der Waals surface area (Å²) in [7, 11) is 2.08. The largest absolute Gasteiger partial charge is 0.308 e. The molecule has 0 aliphatic heterocycles. The Bertz CT molecular complexity index is 514. The van der Waals surface area contributed by atoms with Gasteiger partial charge in [0, 0.05) is 39.6 Å². The highest BCUT2D eigenvalue weighted by Gasteiger charge is 2.07. The Morgan fingerprint density at radius 2 is 2.33 bits per heavy atom. The fraction of sp³-hybridized carbons (Fsp3) is 0.250. The van der Waals surface area contributed by atoms with Crippen molar-refractivity contribution in [1.82, 2.24) is 9.88 Å². The summed E-state index contributed by atoms with van der Waals surface area (Å²) in [4.78, 5) is 7.76. The molecule has 96 valence electrons. The van der Waals surface area contributed by atoms with Gasteiger partial charge in [-0.1, -0.05) is 6.07 Å². The second-order valence-corrected chi connectivity index (χ2v) is 5.97. The van der Waals surface area contributed by atoms with E-state index >= 15 is 0 Å². The predicted octanol–water partition coefficient (Wildman–Crippen LogP) is 2.82. The number of pyridine rings is 1. The van der Waals surface area contributed by atoms with Crippen LogP contribution in [-0.4, -0.2) is 16.9 Å². The maximum absolute atomic E-state index is 5.45. The van der Waals surface area contributed by atoms with Crippen LogP contribution in [0.4, 0.5) is 5.82 Å². The highest BCUT2D eigenvalue weighted by Crippen LogP contribution is 2.22. The lowest BCUT2D eigenvalue weighted by Crippen LogP contribution is -2.19. The average Bonchev–Trinajstić information content (AvgIpc) is 2.75. The zero-order valence-electron chi connectivity index (χ0n) is 10.1. The Morgan fingerprint density at radius 3 is 3.00 bits per heavy atom. The zero-order valence-corrected chi connectivity index (χ0v) is 12.5. The number of hydrazine groups is 1. The van der Waals surface area contributed by atoms with Gasteiger partial charge in [-0.3, -0.25) is 4.90 Å². The summed E-state index contributed by atoms with van der Waals surface area (Å²) >= 11 is 5.22. The molecule has 0 spiro atoms. The molecule has 0 aromatic carbocycles. The van der Waals surface area contributed by atoms with Gasteiger partial charge in [0.05, 0.1) is 0 Å². The Kier molecular flexibility index (Phi) is 4.71. The molecular formula is C12H15BrN4S. The van der Waals surface area contributed by atoms with Crippen LogP contribution in [0.5, 0.6) is 0 Å². The fourth-order valence-electron chi connectivity index (χ4n) is 1.75. The van der Waals surface area contributed by atoms with Crippen molar-refractivity contribution in [3.8, 4) is 0 Å². The molecule has 0 saturated heterocycles. The number of nitrogens with one attached hydrogen (secondary N) is 1. The van der Waals surface area contributed by atoms with Crippen LogP contribution >= 0.6 is 27.3 Å². The number of anilines is 1. The van der Waals surface area contributed by atoms with E-state index in [0.717, 1.165) is 28.9 Å². The Hall–Kier alpha value is -0.950. The van der Waals surface area contributed by atoms with Crippen LogP contribution in [-0.2, 0) is 13.1 Å². The fourth-order valence-corrected chi connectivity index (χ4v) is 3.28. The summed E-state index contributed by atoms with van der Waals surface area (Å²) < 4.78 is 1.14. The Morgan fingerprint density at radius 1 is 1.50 bits per heavy atom. The lowest BCUT2D eigenvalue weighted by Gasteiger charge is -2.17. The van der Waals surface area contributed by atoms with Crippen LogP contribution in [0.1, 0.15) is 10.4 Å². The predicted molar refractivity (Wildman–Crippen MR) is 79.2 cm³/mol. The first-order valence-corrected chi connectivity index (χ1v) is 7.18. The Labute approximate surface area is 119 Å². The van der Waals surface area contributed by atoms with Crippen LogP contribution in [0.15, 0.2) is 34.2 Å². The van der Waals surface area contributed by atoms with Crippen molar-refractivity contribution in [2.75, 3.05) is 12.5 Å². The summed E-state index contributed by atoms with van der Waals surface area (Å²) in [6, 6.07) is 6.10. The van der Waals surface area contributed by atoms with Gasteiger partial charge >= 0.3 is 0 Å². The number of aromatic nitrogens is 1. The maximum Gasteiger partial charge on any atom is 0.144 e. The number of hydrogen-bond acceptors (Lipinski definition) is 5. The molecule has 0 bridgehead atoms. The van der Waals surface area contributed by atoms with E-state index in [-0.39, 0.29) is 0 Å². The van der Waals surface area contributed by atoms with E-state index in [1.54, 1.807) is 17.5 Å². The second kappa shape index (κ2) is 6.29. The van der Waals surface area contributed by atoms with Crippen molar-refractivity contribution in [3.63, 3.8) is 0 Å². The van der Waals surface area contributed by atoms with Gasteiger partial charge in [-0.2, -0.15) is 0 Å². The normalized spacial score (nSPS) is 10.9. The van der Waals surface area contributed by atoms with Crippen LogP contribution in [0.3, 0.4) is 0 Å². The summed E-state index contributed by atoms with van der Waals surface area (Å²) in [6.45, 7) is 1.72. The molecule has 18 heavy (non-hydrogen) atoms. The minimum atomic E-state index is 0.733. The summed E-state index contributed by atoms with van der Waals surface area (Å²) in [6.07, 6.45) is 1.73. The Balaban J connectivity index is 2.00. The van der Waals surface area contributed by atoms with Crippen molar-refractivity contribution in [1.29, 1.82) is 0 Å². The van der Waals surface area contributed by atoms with Crippen LogP contribution < -0.4 is 11.3 Å². The smallest absolute Gasteiger partial charge is 0.144 e. The first-order chi connectivity index (χ1) is 8.69. The molecule has 2 aromatic heterocycles. The van der Waals surface area contributed by atoms with Crippen molar-refractivity contribution < 1.29 is 0 Å². The number of rotatable bonds is 5. The van der Waals surface area contributed by atoms with E-state index in [1.165, 1.54) is 4.88 Å². The van der Waals surface area contributed by atoms with Gasteiger partial charge in [0.15, 0.2) is 0 Å². The number of hydrogen-bond donors (Lipinski definition) is 2. The van der Waals surface area contributed by atoms with E-state index in [9.17, 15) is 0 Å². The molecule has 2 heterocycles. The summed E-state index contributed by atoms with van der Waals surface area (Å²) in [5, 5.41) is 2.10. The molecule has 4 nitrogen and oxygen atoms in total. The van der Waals surface area contributed by atoms with Gasteiger partial charge < -0.3 is 5.43 Å². The molecule has 0 radical (unpaired) electrons. The molecule has 6 heteroatoms. The lowest BCUT2D eigenvalue weighted by atomic mass is 10.2. The molecule has 0 atom stereocenters. The first kappa shape index (κ1) is 13.5. The van der Waals surface area contributed by atoms with Crippen molar-refractivity contribution in [2.24, 2.45) is 5.84 Å². The minimum Gasteiger partial charge on any atom is -0.308 e. The van der Waals surface area contributed by atoms with Gasteiger partial charge in [0.2, 0.25) is 0 Å². The zero-order chi connectivity index (χ0) is 13.0. The van der Waals surface area contributed by atoms with Crippen LogP contribution in [0, 0.1) is 0 Å². The molecular weight excluding hydrogens is 312 g/mol. The van der Waals surface area contributed by atoms with Gasteiger partial charge in [-0.05, 0) is 35.1 Å². The van der Waals surface area contributed by atoms with E-state index in [4.69, 9.17) is 5.84 Å². The third kappa shape index (κ3) is 3.52.